The molecule has 0 radical (unpaired) electrons. The normalized spacial score (nSPS) is 13.5. The number of hydrogen-bond donors (Lipinski definition) is 1. The number of nitrogens with one attached hydrogen (secondary N) is 1. The maximum atomic E-state index is 13.7. The van der Waals surface area contributed by atoms with Crippen molar-refractivity contribution in [1.29, 1.82) is 0 Å². The van der Waals surface area contributed by atoms with Gasteiger partial charge in [0.25, 0.3) is 5.91 Å². The number of nitrogens with zero attached hydrogens (tertiary/aromatic N) is 2. The van der Waals surface area contributed by atoms with Gasteiger partial charge in [-0.15, -0.1) is 0 Å². The van der Waals surface area contributed by atoms with E-state index in [-0.39, 0.29) is 18.3 Å². The third-order valence-corrected chi connectivity index (χ3v) is 6.12. The Morgan fingerprint density at radius 1 is 1.09 bits per heavy atom. The largest absolute Gasteiger partial charge is 0.488 e. The van der Waals surface area contributed by atoms with Crippen LogP contribution in [0.4, 0.5) is 10.1 Å². The van der Waals surface area contributed by atoms with Gasteiger partial charge < -0.3 is 9.64 Å². The number of halogens is 2. The van der Waals surface area contributed by atoms with Crippen LogP contribution in [-0.4, -0.2) is 25.2 Å². The van der Waals surface area contributed by atoms with Crippen LogP contribution in [-0.2, 0) is 6.61 Å². The minimum Gasteiger partial charge on any atom is -0.488 e. The van der Waals surface area contributed by atoms with Crippen LogP contribution < -0.4 is 15.1 Å². The Labute approximate surface area is 200 Å². The molecule has 0 atom stereocenters. The molecule has 1 amide bonds. The minimum atomic E-state index is -0.285. The molecule has 0 saturated carbocycles. The standard InChI is InChI=1S/C25H23FIN3O2/c26-22-6-2-1-5-20(22)17-32-24-12-7-18(15-23(24)27)16-28-29-25(31)19-8-10-21(11-9-19)30-13-3-4-14-30/h1-2,5-12,15-16H,3-4,13-14,17H2,(H,29,31)/b28-16-. The van der Waals surface area contributed by atoms with Crippen molar-refractivity contribution in [2.75, 3.05) is 18.0 Å². The second kappa shape index (κ2) is 10.6. The van der Waals surface area contributed by atoms with Crippen LogP contribution in [0.15, 0.2) is 71.8 Å². The van der Waals surface area contributed by atoms with E-state index < -0.39 is 0 Å². The molecular weight excluding hydrogens is 520 g/mol. The van der Waals surface area contributed by atoms with Gasteiger partial charge in [-0.2, -0.15) is 5.10 Å². The third-order valence-electron chi connectivity index (χ3n) is 5.28. The summed E-state index contributed by atoms with van der Waals surface area (Å²) >= 11 is 2.16. The molecule has 1 heterocycles. The lowest BCUT2D eigenvalue weighted by molar-refractivity contribution is 0.0955. The van der Waals surface area contributed by atoms with Crippen LogP contribution in [0.2, 0.25) is 0 Å². The number of carbonyl (C=O) groups is 1. The highest BCUT2D eigenvalue weighted by atomic mass is 127. The molecular formula is C25H23FIN3O2. The zero-order chi connectivity index (χ0) is 22.3. The van der Waals surface area contributed by atoms with Crippen molar-refractivity contribution < 1.29 is 13.9 Å². The Morgan fingerprint density at radius 2 is 1.84 bits per heavy atom. The van der Waals surface area contributed by atoms with Crippen LogP contribution in [0.3, 0.4) is 0 Å². The van der Waals surface area contributed by atoms with Gasteiger partial charge in [-0.05, 0) is 89.5 Å². The van der Waals surface area contributed by atoms with E-state index in [0.717, 1.165) is 27.9 Å². The molecule has 0 aromatic heterocycles. The second-order valence-electron chi connectivity index (χ2n) is 7.51. The van der Waals surface area contributed by atoms with Crippen LogP contribution in [0, 0.1) is 9.39 Å². The summed E-state index contributed by atoms with van der Waals surface area (Å²) in [6.45, 7) is 2.30. The van der Waals surface area contributed by atoms with Crippen molar-refractivity contribution in [1.82, 2.24) is 5.43 Å². The number of amides is 1. The number of benzene rings is 3. The molecule has 3 aromatic rings. The molecule has 0 unspecified atom stereocenters. The van der Waals surface area contributed by atoms with E-state index in [1.165, 1.54) is 18.9 Å². The Hall–Kier alpha value is -2.94. The first kappa shape index (κ1) is 22.3. The molecule has 0 spiro atoms. The summed E-state index contributed by atoms with van der Waals surface area (Å²) in [6.07, 6.45) is 4.02. The maximum absolute atomic E-state index is 13.7. The van der Waals surface area contributed by atoms with Crippen LogP contribution >= 0.6 is 22.6 Å². The summed E-state index contributed by atoms with van der Waals surface area (Å²) in [5.41, 5.74) is 5.60. The molecule has 7 heteroatoms. The van der Waals surface area contributed by atoms with Crippen LogP contribution in [0.1, 0.15) is 34.3 Å². The first-order chi connectivity index (χ1) is 15.6. The predicted molar refractivity (Wildman–Crippen MR) is 133 cm³/mol. The summed E-state index contributed by atoms with van der Waals surface area (Å²) in [4.78, 5) is 14.7. The topological polar surface area (TPSA) is 53.9 Å². The van der Waals surface area contributed by atoms with Gasteiger partial charge >= 0.3 is 0 Å². The van der Waals surface area contributed by atoms with Crippen LogP contribution in [0.25, 0.3) is 0 Å². The summed E-state index contributed by atoms with van der Waals surface area (Å²) in [6, 6.07) is 19.7. The van der Waals surface area contributed by atoms with Gasteiger partial charge in [-0.25, -0.2) is 9.82 Å². The Bertz CT molecular complexity index is 1110. The molecule has 1 saturated heterocycles. The molecule has 0 bridgehead atoms. The van der Waals surface area contributed by atoms with Crippen molar-refractivity contribution >= 4 is 40.4 Å². The molecule has 1 N–H and O–H groups in total. The number of hydrogen-bond acceptors (Lipinski definition) is 4. The summed E-state index contributed by atoms with van der Waals surface area (Å²) in [5, 5.41) is 4.07. The molecule has 5 nitrogen and oxygen atoms in total. The number of anilines is 1. The third kappa shape index (κ3) is 5.64. The summed E-state index contributed by atoms with van der Waals surface area (Å²) < 4.78 is 20.3. The Kier molecular flexibility index (Phi) is 7.36. The molecule has 1 fully saturated rings. The highest BCUT2D eigenvalue weighted by Gasteiger charge is 2.13. The second-order valence-corrected chi connectivity index (χ2v) is 8.67. The van der Waals surface area contributed by atoms with Crippen LogP contribution in [0.5, 0.6) is 5.75 Å². The monoisotopic (exact) mass is 543 g/mol. The van der Waals surface area contributed by atoms with E-state index in [2.05, 4.69) is 38.0 Å². The first-order valence-electron chi connectivity index (χ1n) is 10.4. The van der Waals surface area contributed by atoms with E-state index in [4.69, 9.17) is 4.74 Å². The molecule has 4 rings (SSSR count). The van der Waals surface area contributed by atoms with E-state index in [9.17, 15) is 9.18 Å². The van der Waals surface area contributed by atoms with E-state index in [1.54, 1.807) is 24.4 Å². The molecule has 0 aliphatic carbocycles. The minimum absolute atomic E-state index is 0.155. The fourth-order valence-electron chi connectivity index (χ4n) is 3.51. The summed E-state index contributed by atoms with van der Waals surface area (Å²) in [5.74, 6) is 0.120. The van der Waals surface area contributed by atoms with Crippen molar-refractivity contribution in [3.05, 3.63) is 92.8 Å². The zero-order valence-corrected chi connectivity index (χ0v) is 19.6. The molecule has 32 heavy (non-hydrogen) atoms. The molecule has 1 aliphatic rings. The van der Waals surface area contributed by atoms with Gasteiger partial charge in [0.1, 0.15) is 18.2 Å². The van der Waals surface area contributed by atoms with Crippen molar-refractivity contribution in [3.8, 4) is 5.75 Å². The van der Waals surface area contributed by atoms with E-state index in [0.29, 0.717) is 16.9 Å². The zero-order valence-electron chi connectivity index (χ0n) is 17.4. The van der Waals surface area contributed by atoms with Gasteiger partial charge in [0.05, 0.1) is 9.78 Å². The fraction of sp³-hybridized carbons (Fsp3) is 0.200. The van der Waals surface area contributed by atoms with Crippen molar-refractivity contribution in [2.24, 2.45) is 5.10 Å². The molecule has 1 aliphatic heterocycles. The number of rotatable bonds is 7. The Morgan fingerprint density at radius 3 is 2.56 bits per heavy atom. The lowest BCUT2D eigenvalue weighted by atomic mass is 10.2. The average Bonchev–Trinajstić information content (AvgIpc) is 3.35. The van der Waals surface area contributed by atoms with Gasteiger partial charge in [-0.1, -0.05) is 18.2 Å². The first-order valence-corrected chi connectivity index (χ1v) is 11.5. The number of hydrazone groups is 1. The van der Waals surface area contributed by atoms with E-state index in [1.807, 2.05) is 42.5 Å². The van der Waals surface area contributed by atoms with Gasteiger partial charge in [-0.3, -0.25) is 4.79 Å². The highest BCUT2D eigenvalue weighted by molar-refractivity contribution is 14.1. The Balaban J connectivity index is 1.31. The smallest absolute Gasteiger partial charge is 0.271 e. The van der Waals surface area contributed by atoms with Gasteiger partial charge in [0.15, 0.2) is 0 Å². The summed E-state index contributed by atoms with van der Waals surface area (Å²) in [7, 11) is 0. The lowest BCUT2D eigenvalue weighted by Crippen LogP contribution is -2.19. The van der Waals surface area contributed by atoms with E-state index >= 15 is 0 Å². The lowest BCUT2D eigenvalue weighted by Gasteiger charge is -2.17. The fourth-order valence-corrected chi connectivity index (χ4v) is 4.21. The molecule has 3 aromatic carbocycles. The molecule has 164 valence electrons. The number of ether oxygens (including phenoxy) is 1. The predicted octanol–water partition coefficient (Wildman–Crippen LogP) is 5.37. The average molecular weight is 543 g/mol. The van der Waals surface area contributed by atoms with Crippen molar-refractivity contribution in [3.63, 3.8) is 0 Å². The maximum Gasteiger partial charge on any atom is 0.271 e. The highest BCUT2D eigenvalue weighted by Crippen LogP contribution is 2.23. The SMILES string of the molecule is O=C(N/N=C\c1ccc(OCc2ccccc2F)c(I)c1)c1ccc(N2CCCC2)cc1. The quantitative estimate of drug-likeness (QED) is 0.248. The van der Waals surface area contributed by atoms with Gasteiger partial charge in [0, 0.05) is 29.9 Å². The van der Waals surface area contributed by atoms with Gasteiger partial charge in [0.2, 0.25) is 0 Å². The van der Waals surface area contributed by atoms with Crippen molar-refractivity contribution in [2.45, 2.75) is 19.4 Å². The number of carbonyl (C=O) groups excluding carboxylic acids is 1.